The number of amides is 3. The normalized spacial score (nSPS) is 17.0. The van der Waals surface area contributed by atoms with Crippen LogP contribution in [0, 0.1) is 3.57 Å². The van der Waals surface area contributed by atoms with Crippen LogP contribution in [0.2, 0.25) is 10.0 Å². The smallest absolute Gasteiger partial charge is 0.294 e. The number of nitrogens with zero attached hydrogens (tertiary/aromatic N) is 2. The Morgan fingerprint density at radius 1 is 1.16 bits per heavy atom. The standard InChI is InChI=1S/C25H23Cl2IN2O6S/c1-2-35-20-10-15(9-19(28)23(20)36-14-16-3-4-17(26)12-18(16)27)11-21-24(32)30(25(33)37-21)13-22(31)29-5-7-34-8-6-29/h3-4,9-12H,2,5-8,13-14H2,1H3/b21-11+. The minimum absolute atomic E-state index is 0.210. The van der Waals surface area contributed by atoms with Crippen molar-refractivity contribution in [2.24, 2.45) is 0 Å². The Hall–Kier alpha value is -1.99. The Bertz CT molecular complexity index is 1250. The lowest BCUT2D eigenvalue weighted by atomic mass is 10.1. The number of carbonyl (C=O) groups is 3. The van der Waals surface area contributed by atoms with Gasteiger partial charge in [0.15, 0.2) is 11.5 Å². The fourth-order valence-corrected chi connectivity index (χ4v) is 5.78. The van der Waals surface area contributed by atoms with Crippen molar-refractivity contribution < 1.29 is 28.6 Å². The first-order valence-electron chi connectivity index (χ1n) is 11.4. The molecule has 0 N–H and O–H groups in total. The minimum Gasteiger partial charge on any atom is -0.490 e. The third-order valence-electron chi connectivity index (χ3n) is 5.55. The highest BCUT2D eigenvalue weighted by atomic mass is 127. The summed E-state index contributed by atoms with van der Waals surface area (Å²) in [4.78, 5) is 40.9. The highest BCUT2D eigenvalue weighted by Crippen LogP contribution is 2.38. The van der Waals surface area contributed by atoms with Crippen molar-refractivity contribution in [1.82, 2.24) is 9.80 Å². The third-order valence-corrected chi connectivity index (χ3v) is 7.84. The van der Waals surface area contributed by atoms with Crippen LogP contribution in [0.15, 0.2) is 35.2 Å². The zero-order valence-corrected chi connectivity index (χ0v) is 24.3. The number of hydrogen-bond acceptors (Lipinski definition) is 7. The average molecular weight is 677 g/mol. The Balaban J connectivity index is 1.51. The van der Waals surface area contributed by atoms with Crippen molar-refractivity contribution in [3.05, 3.63) is 60.0 Å². The van der Waals surface area contributed by atoms with Gasteiger partial charge in [-0.05, 0) is 77.2 Å². The molecule has 2 fully saturated rings. The highest BCUT2D eigenvalue weighted by molar-refractivity contribution is 14.1. The molecule has 196 valence electrons. The predicted molar refractivity (Wildman–Crippen MR) is 151 cm³/mol. The van der Waals surface area contributed by atoms with Gasteiger partial charge in [0.05, 0.1) is 28.3 Å². The zero-order valence-electron chi connectivity index (χ0n) is 19.8. The van der Waals surface area contributed by atoms with Crippen LogP contribution in [0.4, 0.5) is 4.79 Å². The number of imide groups is 1. The molecule has 2 heterocycles. The molecule has 0 aromatic heterocycles. The van der Waals surface area contributed by atoms with E-state index in [1.54, 1.807) is 35.2 Å². The summed E-state index contributed by atoms with van der Waals surface area (Å²) in [5, 5.41) is 0.565. The van der Waals surface area contributed by atoms with Gasteiger partial charge >= 0.3 is 0 Å². The van der Waals surface area contributed by atoms with E-state index in [1.165, 1.54) is 0 Å². The molecule has 4 rings (SSSR count). The van der Waals surface area contributed by atoms with Gasteiger partial charge in [0, 0.05) is 28.7 Å². The molecule has 12 heteroatoms. The quantitative estimate of drug-likeness (QED) is 0.271. The number of morpholine rings is 1. The molecule has 2 aliphatic rings. The first-order chi connectivity index (χ1) is 17.8. The second-order valence-electron chi connectivity index (χ2n) is 8.05. The van der Waals surface area contributed by atoms with Crippen LogP contribution in [0.5, 0.6) is 11.5 Å². The van der Waals surface area contributed by atoms with Gasteiger partial charge < -0.3 is 19.1 Å². The topological polar surface area (TPSA) is 85.4 Å². The number of carbonyl (C=O) groups excluding carboxylic acids is 3. The van der Waals surface area contributed by atoms with Gasteiger partial charge in [-0.3, -0.25) is 19.3 Å². The first kappa shape index (κ1) is 28.0. The van der Waals surface area contributed by atoms with Gasteiger partial charge in [-0.2, -0.15) is 0 Å². The van der Waals surface area contributed by atoms with Crippen LogP contribution in [0.3, 0.4) is 0 Å². The summed E-state index contributed by atoms with van der Waals surface area (Å²) in [7, 11) is 0. The van der Waals surface area contributed by atoms with E-state index in [-0.39, 0.29) is 24.0 Å². The van der Waals surface area contributed by atoms with Gasteiger partial charge in [0.1, 0.15) is 13.2 Å². The molecule has 0 unspecified atom stereocenters. The fraction of sp³-hybridized carbons (Fsp3) is 0.320. The Kier molecular flexibility index (Phi) is 9.62. The molecule has 8 nitrogen and oxygen atoms in total. The maximum absolute atomic E-state index is 13.0. The van der Waals surface area contributed by atoms with Crippen molar-refractivity contribution in [2.75, 3.05) is 39.5 Å². The van der Waals surface area contributed by atoms with E-state index in [1.807, 2.05) is 13.0 Å². The van der Waals surface area contributed by atoms with Crippen molar-refractivity contribution in [1.29, 1.82) is 0 Å². The molecule has 2 aliphatic heterocycles. The molecule has 2 saturated heterocycles. The average Bonchev–Trinajstić information content (AvgIpc) is 3.12. The van der Waals surface area contributed by atoms with Crippen LogP contribution in [-0.4, -0.2) is 66.3 Å². The molecular weight excluding hydrogens is 654 g/mol. The lowest BCUT2D eigenvalue weighted by molar-refractivity contribution is -0.139. The maximum Gasteiger partial charge on any atom is 0.294 e. The number of ether oxygens (including phenoxy) is 3. The fourth-order valence-electron chi connectivity index (χ4n) is 3.70. The van der Waals surface area contributed by atoms with E-state index < -0.39 is 11.1 Å². The van der Waals surface area contributed by atoms with E-state index in [0.29, 0.717) is 60.0 Å². The Labute approximate surface area is 242 Å². The zero-order chi connectivity index (χ0) is 26.5. The van der Waals surface area contributed by atoms with Crippen molar-refractivity contribution in [2.45, 2.75) is 13.5 Å². The lowest BCUT2D eigenvalue weighted by Crippen LogP contribution is -2.46. The molecule has 37 heavy (non-hydrogen) atoms. The van der Waals surface area contributed by atoms with Gasteiger partial charge in [-0.25, -0.2) is 0 Å². The third kappa shape index (κ3) is 6.91. The molecule has 0 saturated carbocycles. The molecule has 0 atom stereocenters. The van der Waals surface area contributed by atoms with Gasteiger partial charge in [-0.15, -0.1) is 0 Å². The lowest BCUT2D eigenvalue weighted by Gasteiger charge is -2.28. The molecule has 3 amide bonds. The van der Waals surface area contributed by atoms with E-state index >= 15 is 0 Å². The summed E-state index contributed by atoms with van der Waals surface area (Å²) in [6, 6.07) is 8.77. The van der Waals surface area contributed by atoms with Crippen molar-refractivity contribution in [3.8, 4) is 11.5 Å². The molecule has 0 radical (unpaired) electrons. The second kappa shape index (κ2) is 12.7. The molecular formula is C25H23Cl2IN2O6S. The van der Waals surface area contributed by atoms with E-state index in [9.17, 15) is 14.4 Å². The predicted octanol–water partition coefficient (Wildman–Crippen LogP) is 5.47. The maximum atomic E-state index is 13.0. The van der Waals surface area contributed by atoms with E-state index in [0.717, 1.165) is 25.8 Å². The summed E-state index contributed by atoms with van der Waals surface area (Å²) in [5.74, 6) is 0.256. The van der Waals surface area contributed by atoms with Crippen LogP contribution >= 0.6 is 57.6 Å². The largest absolute Gasteiger partial charge is 0.490 e. The van der Waals surface area contributed by atoms with Crippen molar-refractivity contribution in [3.63, 3.8) is 0 Å². The summed E-state index contributed by atoms with van der Waals surface area (Å²) in [6.45, 7) is 3.96. The number of halogens is 3. The van der Waals surface area contributed by atoms with Crippen molar-refractivity contribution >= 4 is 80.7 Å². The number of thioether (sulfide) groups is 1. The summed E-state index contributed by atoms with van der Waals surface area (Å²) in [6.07, 6.45) is 1.62. The minimum atomic E-state index is -0.498. The molecule has 2 aromatic carbocycles. The van der Waals surface area contributed by atoms with E-state index in [4.69, 9.17) is 37.4 Å². The molecule has 0 aliphatic carbocycles. The second-order valence-corrected chi connectivity index (χ2v) is 11.0. The van der Waals surface area contributed by atoms with Crippen LogP contribution in [-0.2, 0) is 20.9 Å². The summed E-state index contributed by atoms with van der Waals surface area (Å²) >= 11 is 15.2. The molecule has 0 bridgehead atoms. The van der Waals surface area contributed by atoms with Gasteiger partial charge in [0.25, 0.3) is 11.1 Å². The molecule has 2 aromatic rings. The summed E-state index contributed by atoms with van der Waals surface area (Å²) in [5.41, 5.74) is 1.43. The monoisotopic (exact) mass is 676 g/mol. The summed E-state index contributed by atoms with van der Waals surface area (Å²) < 4.78 is 17.9. The number of benzene rings is 2. The van der Waals surface area contributed by atoms with Crippen LogP contribution in [0.25, 0.3) is 6.08 Å². The highest BCUT2D eigenvalue weighted by Gasteiger charge is 2.37. The van der Waals surface area contributed by atoms with Gasteiger partial charge in [0.2, 0.25) is 5.91 Å². The SMILES string of the molecule is CCOc1cc(/C=C2/SC(=O)N(CC(=O)N3CCOCC3)C2=O)cc(I)c1OCc1ccc(Cl)cc1Cl. The number of rotatable bonds is 8. The Morgan fingerprint density at radius 3 is 2.62 bits per heavy atom. The van der Waals surface area contributed by atoms with E-state index in [2.05, 4.69) is 22.6 Å². The molecule has 0 spiro atoms. The van der Waals surface area contributed by atoms with Gasteiger partial charge in [-0.1, -0.05) is 29.3 Å². The Morgan fingerprint density at radius 2 is 1.92 bits per heavy atom. The van der Waals surface area contributed by atoms with Crippen LogP contribution < -0.4 is 9.47 Å². The first-order valence-corrected chi connectivity index (χ1v) is 14.1. The van der Waals surface area contributed by atoms with Crippen LogP contribution in [0.1, 0.15) is 18.1 Å². The number of hydrogen-bond donors (Lipinski definition) is 0.